The lowest BCUT2D eigenvalue weighted by molar-refractivity contribution is 0.286. The maximum Gasteiger partial charge on any atom is 0.128 e. The zero-order valence-electron chi connectivity index (χ0n) is 14.6. The van der Waals surface area contributed by atoms with Crippen LogP contribution >= 0.6 is 11.3 Å². The Labute approximate surface area is 159 Å². The van der Waals surface area contributed by atoms with E-state index in [0.29, 0.717) is 13.0 Å². The molecule has 4 aromatic rings. The Morgan fingerprint density at radius 1 is 1.11 bits per heavy atom. The molecule has 4 heterocycles. The Bertz CT molecular complexity index is 1060. The predicted octanol–water partition coefficient (Wildman–Crippen LogP) is 4.69. The zero-order valence-corrected chi connectivity index (χ0v) is 15.4. The van der Waals surface area contributed by atoms with E-state index in [1.807, 2.05) is 41.7 Å². The first-order chi connectivity index (χ1) is 13.3. The van der Waals surface area contributed by atoms with Gasteiger partial charge in [-0.15, -0.1) is 11.3 Å². The van der Waals surface area contributed by atoms with Gasteiger partial charge >= 0.3 is 0 Å². The van der Waals surface area contributed by atoms with Gasteiger partial charge in [-0.2, -0.15) is 5.10 Å². The Balaban J connectivity index is 1.43. The number of rotatable bonds is 3. The van der Waals surface area contributed by atoms with Gasteiger partial charge in [0.25, 0.3) is 0 Å². The number of H-pyrrole nitrogens is 1. The average molecular weight is 379 g/mol. The van der Waals surface area contributed by atoms with Crippen molar-refractivity contribution in [1.82, 2.24) is 20.2 Å². The summed E-state index contributed by atoms with van der Waals surface area (Å²) in [6, 6.07) is 10.2. The standard InChI is InChI=1S/C20H18FN5S/c21-16-2-1-7-26(12-16)19-6-4-14(9-22-19)20-25-17-5-3-13(8-18(17)27-20)15-10-23-24-11-15/h3-6,8-11,16H,1-2,7,12H2,(H,23,24)/t16-/m1/s1. The van der Waals surface area contributed by atoms with Gasteiger partial charge in [-0.3, -0.25) is 5.10 Å². The highest BCUT2D eigenvalue weighted by atomic mass is 32.1. The Hall–Kier alpha value is -2.80. The van der Waals surface area contributed by atoms with E-state index in [9.17, 15) is 4.39 Å². The molecule has 1 aromatic carbocycles. The molecular formula is C20H18FN5S. The van der Waals surface area contributed by atoms with E-state index in [1.54, 1.807) is 11.3 Å². The molecule has 0 radical (unpaired) electrons. The van der Waals surface area contributed by atoms with E-state index in [2.05, 4.69) is 27.3 Å². The summed E-state index contributed by atoms with van der Waals surface area (Å²) in [6.45, 7) is 1.30. The summed E-state index contributed by atoms with van der Waals surface area (Å²) in [5, 5.41) is 7.79. The minimum Gasteiger partial charge on any atom is -0.354 e. The van der Waals surface area contributed by atoms with Crippen LogP contribution < -0.4 is 4.90 Å². The summed E-state index contributed by atoms with van der Waals surface area (Å²) in [5.41, 5.74) is 4.14. The SMILES string of the molecule is F[C@@H]1CCCN(c2ccc(-c3nc4ccc(-c5cn[nH]c5)cc4s3)cn2)C1. The second kappa shape index (κ2) is 6.74. The lowest BCUT2D eigenvalue weighted by atomic mass is 10.1. The largest absolute Gasteiger partial charge is 0.354 e. The van der Waals surface area contributed by atoms with Gasteiger partial charge in [0.1, 0.15) is 17.0 Å². The molecule has 0 saturated carbocycles. The first-order valence-corrected chi connectivity index (χ1v) is 9.83. The normalized spacial score (nSPS) is 17.5. The number of nitrogens with one attached hydrogen (secondary N) is 1. The second-order valence-electron chi connectivity index (χ2n) is 6.78. The molecule has 1 saturated heterocycles. The van der Waals surface area contributed by atoms with Crippen LogP contribution in [0.15, 0.2) is 48.9 Å². The minimum atomic E-state index is -0.756. The van der Waals surface area contributed by atoms with Gasteiger partial charge in [-0.25, -0.2) is 14.4 Å². The van der Waals surface area contributed by atoms with Crippen molar-refractivity contribution in [3.63, 3.8) is 0 Å². The number of aromatic amines is 1. The number of benzene rings is 1. The van der Waals surface area contributed by atoms with Crippen LogP contribution in [-0.4, -0.2) is 39.4 Å². The molecule has 5 nitrogen and oxygen atoms in total. The molecule has 1 atom stereocenters. The van der Waals surface area contributed by atoms with Gasteiger partial charge in [0.15, 0.2) is 0 Å². The number of thiazole rings is 1. The summed E-state index contributed by atoms with van der Waals surface area (Å²) in [6.07, 6.45) is 6.31. The van der Waals surface area contributed by atoms with E-state index >= 15 is 0 Å². The Kier molecular flexibility index (Phi) is 4.09. The van der Waals surface area contributed by atoms with Crippen LogP contribution in [0.25, 0.3) is 31.9 Å². The van der Waals surface area contributed by atoms with Crippen LogP contribution in [-0.2, 0) is 0 Å². The predicted molar refractivity (Wildman–Crippen MR) is 107 cm³/mol. The molecule has 1 aliphatic heterocycles. The third kappa shape index (κ3) is 3.19. The van der Waals surface area contributed by atoms with Gasteiger partial charge in [0.2, 0.25) is 0 Å². The lowest BCUT2D eigenvalue weighted by Gasteiger charge is -2.29. The molecule has 7 heteroatoms. The van der Waals surface area contributed by atoms with Crippen LogP contribution in [0, 0.1) is 0 Å². The van der Waals surface area contributed by atoms with Crippen molar-refractivity contribution in [1.29, 1.82) is 0 Å². The number of fused-ring (bicyclic) bond motifs is 1. The maximum absolute atomic E-state index is 13.6. The van der Waals surface area contributed by atoms with E-state index in [1.165, 1.54) is 0 Å². The summed E-state index contributed by atoms with van der Waals surface area (Å²) < 4.78 is 14.8. The number of pyridine rings is 1. The third-order valence-corrected chi connectivity index (χ3v) is 5.97. The highest BCUT2D eigenvalue weighted by Crippen LogP contribution is 2.33. The van der Waals surface area contributed by atoms with Crippen LogP contribution in [0.1, 0.15) is 12.8 Å². The van der Waals surface area contributed by atoms with Crippen molar-refractivity contribution >= 4 is 27.4 Å². The van der Waals surface area contributed by atoms with Gasteiger partial charge in [0, 0.05) is 30.1 Å². The maximum atomic E-state index is 13.6. The van der Waals surface area contributed by atoms with E-state index < -0.39 is 6.17 Å². The van der Waals surface area contributed by atoms with Crippen molar-refractivity contribution in [3.05, 3.63) is 48.9 Å². The number of anilines is 1. The van der Waals surface area contributed by atoms with Crippen molar-refractivity contribution < 1.29 is 4.39 Å². The molecule has 0 unspecified atom stereocenters. The first kappa shape index (κ1) is 16.4. The average Bonchev–Trinajstić information content (AvgIpc) is 3.37. The number of alkyl halides is 1. The van der Waals surface area contributed by atoms with Crippen molar-refractivity contribution in [2.24, 2.45) is 0 Å². The van der Waals surface area contributed by atoms with Crippen molar-refractivity contribution in [2.45, 2.75) is 19.0 Å². The molecule has 0 aliphatic carbocycles. The van der Waals surface area contributed by atoms with Crippen LogP contribution in [0.3, 0.4) is 0 Å². The van der Waals surface area contributed by atoms with Crippen LogP contribution in [0.5, 0.6) is 0 Å². The molecule has 27 heavy (non-hydrogen) atoms. The van der Waals surface area contributed by atoms with Crippen molar-refractivity contribution in [2.75, 3.05) is 18.0 Å². The number of hydrogen-bond acceptors (Lipinski definition) is 5. The number of halogens is 1. The smallest absolute Gasteiger partial charge is 0.128 e. The molecular weight excluding hydrogens is 361 g/mol. The highest BCUT2D eigenvalue weighted by molar-refractivity contribution is 7.21. The first-order valence-electron chi connectivity index (χ1n) is 9.01. The Morgan fingerprint density at radius 3 is 2.81 bits per heavy atom. The van der Waals surface area contributed by atoms with Crippen LogP contribution in [0.4, 0.5) is 10.2 Å². The quantitative estimate of drug-likeness (QED) is 0.561. The van der Waals surface area contributed by atoms with Gasteiger partial charge in [0.05, 0.1) is 23.0 Å². The third-order valence-electron chi connectivity index (χ3n) is 4.90. The topological polar surface area (TPSA) is 57.7 Å². The number of piperidine rings is 1. The van der Waals surface area contributed by atoms with E-state index in [-0.39, 0.29) is 0 Å². The zero-order chi connectivity index (χ0) is 18.2. The molecule has 3 aromatic heterocycles. The fraction of sp³-hybridized carbons (Fsp3) is 0.250. The molecule has 1 fully saturated rings. The molecule has 0 amide bonds. The van der Waals surface area contributed by atoms with Crippen LogP contribution in [0.2, 0.25) is 0 Å². The lowest BCUT2D eigenvalue weighted by Crippen LogP contribution is -2.36. The van der Waals surface area contributed by atoms with Crippen molar-refractivity contribution in [3.8, 4) is 21.7 Å². The minimum absolute atomic E-state index is 0.435. The highest BCUT2D eigenvalue weighted by Gasteiger charge is 2.20. The number of hydrogen-bond donors (Lipinski definition) is 1. The fourth-order valence-electron chi connectivity index (χ4n) is 3.47. The summed E-state index contributed by atoms with van der Waals surface area (Å²) in [4.78, 5) is 11.3. The molecule has 1 N–H and O–H groups in total. The monoisotopic (exact) mass is 379 g/mol. The molecule has 0 spiro atoms. The van der Waals surface area contributed by atoms with Gasteiger partial charge < -0.3 is 4.90 Å². The second-order valence-corrected chi connectivity index (χ2v) is 7.81. The summed E-state index contributed by atoms with van der Waals surface area (Å²) >= 11 is 1.65. The van der Waals surface area contributed by atoms with E-state index in [4.69, 9.17) is 4.98 Å². The molecule has 5 rings (SSSR count). The number of nitrogens with zero attached hydrogens (tertiary/aromatic N) is 4. The number of aromatic nitrogens is 4. The summed E-state index contributed by atoms with van der Waals surface area (Å²) in [5.74, 6) is 0.837. The van der Waals surface area contributed by atoms with Gasteiger partial charge in [-0.1, -0.05) is 6.07 Å². The van der Waals surface area contributed by atoms with E-state index in [0.717, 1.165) is 50.7 Å². The fourth-order valence-corrected chi connectivity index (χ4v) is 4.46. The van der Waals surface area contributed by atoms with Gasteiger partial charge in [-0.05, 0) is 42.7 Å². The Morgan fingerprint density at radius 2 is 2.04 bits per heavy atom. The molecule has 1 aliphatic rings. The summed E-state index contributed by atoms with van der Waals surface area (Å²) in [7, 11) is 0. The molecule has 136 valence electrons. The molecule has 0 bridgehead atoms.